The summed E-state index contributed by atoms with van der Waals surface area (Å²) in [4.78, 5) is 25.1. The molecular formula is C28H40N2O4. The fourth-order valence-corrected chi connectivity index (χ4v) is 3.73. The molecule has 0 amide bonds. The molecular weight excluding hydrogens is 428 g/mol. The highest BCUT2D eigenvalue weighted by molar-refractivity contribution is 5.91. The van der Waals surface area contributed by atoms with Crippen molar-refractivity contribution in [1.29, 1.82) is 0 Å². The topological polar surface area (TPSA) is 105 Å². The van der Waals surface area contributed by atoms with Crippen molar-refractivity contribution in [2.45, 2.75) is 90.3 Å². The van der Waals surface area contributed by atoms with Crippen molar-refractivity contribution in [1.82, 2.24) is 0 Å². The van der Waals surface area contributed by atoms with E-state index in [4.69, 9.17) is 20.9 Å². The van der Waals surface area contributed by atoms with Gasteiger partial charge in [0.15, 0.2) is 0 Å². The summed E-state index contributed by atoms with van der Waals surface area (Å²) in [6, 6.07) is 12.9. The minimum Gasteiger partial charge on any atom is -0.422 e. The van der Waals surface area contributed by atoms with Gasteiger partial charge in [-0.1, -0.05) is 71.1 Å². The van der Waals surface area contributed by atoms with Crippen molar-refractivity contribution >= 4 is 23.3 Å². The summed E-state index contributed by atoms with van der Waals surface area (Å²) in [5.74, 6) is -1.09. The quantitative estimate of drug-likeness (QED) is 0.120. The number of carbonyl (C=O) groups is 2. The lowest BCUT2D eigenvalue weighted by Crippen LogP contribution is -2.25. The molecule has 186 valence electrons. The lowest BCUT2D eigenvalue weighted by Gasteiger charge is -2.18. The molecule has 2 rings (SSSR count). The van der Waals surface area contributed by atoms with Crippen molar-refractivity contribution in [2.75, 3.05) is 11.5 Å². The third-order valence-corrected chi connectivity index (χ3v) is 5.81. The van der Waals surface area contributed by atoms with Crippen LogP contribution in [-0.4, -0.2) is 18.2 Å². The molecule has 0 unspecified atom stereocenters. The normalized spacial score (nSPS) is 10.9. The first-order valence-corrected chi connectivity index (χ1v) is 12.6. The zero-order valence-electron chi connectivity index (χ0n) is 20.5. The fraction of sp³-hybridized carbons (Fsp3) is 0.500. The number of esters is 2. The van der Waals surface area contributed by atoms with E-state index < -0.39 is 18.2 Å². The standard InChI is InChI=1S/C28H40N2O4/c1-2-3-4-5-6-7-8-9-10-11-12-13-26(33-27(31)22-14-18-24(29)19-15-22)34-28(32)23-16-20-25(30)21-17-23/h14-21,26H,2-13,29-30H2,1H3. The molecule has 0 aliphatic heterocycles. The fourth-order valence-electron chi connectivity index (χ4n) is 3.73. The largest absolute Gasteiger partial charge is 0.422 e. The minimum absolute atomic E-state index is 0.363. The number of rotatable bonds is 16. The van der Waals surface area contributed by atoms with Crippen LogP contribution in [0.2, 0.25) is 0 Å². The Labute approximate surface area is 204 Å². The maximum Gasteiger partial charge on any atom is 0.341 e. The van der Waals surface area contributed by atoms with Gasteiger partial charge < -0.3 is 20.9 Å². The summed E-state index contributed by atoms with van der Waals surface area (Å²) >= 11 is 0. The smallest absolute Gasteiger partial charge is 0.341 e. The number of unbranched alkanes of at least 4 members (excludes halogenated alkanes) is 10. The Bertz CT molecular complexity index is 790. The van der Waals surface area contributed by atoms with E-state index in [0.717, 1.165) is 19.3 Å². The van der Waals surface area contributed by atoms with Gasteiger partial charge in [-0.2, -0.15) is 0 Å². The Kier molecular flexibility index (Phi) is 12.6. The molecule has 0 radical (unpaired) electrons. The van der Waals surface area contributed by atoms with E-state index in [-0.39, 0.29) is 0 Å². The number of anilines is 2. The van der Waals surface area contributed by atoms with Crippen LogP contribution >= 0.6 is 0 Å². The lowest BCUT2D eigenvalue weighted by molar-refractivity contribution is -0.0838. The van der Waals surface area contributed by atoms with Crippen LogP contribution in [0.25, 0.3) is 0 Å². The average Bonchev–Trinajstić information content (AvgIpc) is 2.83. The second-order valence-electron chi connectivity index (χ2n) is 8.81. The van der Waals surface area contributed by atoms with Gasteiger partial charge >= 0.3 is 11.9 Å². The molecule has 0 aromatic heterocycles. The number of benzene rings is 2. The molecule has 2 aromatic carbocycles. The van der Waals surface area contributed by atoms with Gasteiger partial charge in [0, 0.05) is 17.8 Å². The molecule has 0 heterocycles. The van der Waals surface area contributed by atoms with Crippen LogP contribution in [0, 0.1) is 0 Å². The second-order valence-corrected chi connectivity index (χ2v) is 8.81. The maximum atomic E-state index is 12.6. The summed E-state index contributed by atoms with van der Waals surface area (Å²) < 4.78 is 11.1. The minimum atomic E-state index is -0.950. The summed E-state index contributed by atoms with van der Waals surface area (Å²) in [7, 11) is 0. The SMILES string of the molecule is CCCCCCCCCCCCCC(OC(=O)c1ccc(N)cc1)OC(=O)c1ccc(N)cc1. The maximum absolute atomic E-state index is 12.6. The highest BCUT2D eigenvalue weighted by Gasteiger charge is 2.21. The number of hydrogen-bond acceptors (Lipinski definition) is 6. The van der Waals surface area contributed by atoms with Crippen molar-refractivity contribution in [3.63, 3.8) is 0 Å². The molecule has 34 heavy (non-hydrogen) atoms. The van der Waals surface area contributed by atoms with E-state index >= 15 is 0 Å². The predicted octanol–water partition coefficient (Wildman–Crippen LogP) is 6.89. The van der Waals surface area contributed by atoms with E-state index in [2.05, 4.69) is 6.92 Å². The highest BCUT2D eigenvalue weighted by Crippen LogP contribution is 2.17. The van der Waals surface area contributed by atoms with Crippen LogP contribution in [0.3, 0.4) is 0 Å². The molecule has 0 bridgehead atoms. The third-order valence-electron chi connectivity index (χ3n) is 5.81. The molecule has 4 N–H and O–H groups in total. The van der Waals surface area contributed by atoms with Crippen LogP contribution in [0.15, 0.2) is 48.5 Å². The van der Waals surface area contributed by atoms with Gasteiger partial charge in [0.05, 0.1) is 11.1 Å². The molecule has 0 aliphatic rings. The van der Waals surface area contributed by atoms with Gasteiger partial charge in [-0.25, -0.2) is 9.59 Å². The Morgan fingerprint density at radius 1 is 0.618 bits per heavy atom. The monoisotopic (exact) mass is 468 g/mol. The average molecular weight is 469 g/mol. The first kappa shape index (κ1) is 27.2. The lowest BCUT2D eigenvalue weighted by atomic mass is 10.1. The Balaban J connectivity index is 1.79. The molecule has 0 saturated heterocycles. The molecule has 0 spiro atoms. The zero-order valence-corrected chi connectivity index (χ0v) is 20.5. The van der Waals surface area contributed by atoms with Gasteiger partial charge in [0.25, 0.3) is 0 Å². The number of ether oxygens (including phenoxy) is 2. The first-order valence-electron chi connectivity index (χ1n) is 12.6. The van der Waals surface area contributed by atoms with Crippen molar-refractivity contribution in [2.24, 2.45) is 0 Å². The van der Waals surface area contributed by atoms with Crippen LogP contribution in [0.1, 0.15) is 105 Å². The van der Waals surface area contributed by atoms with E-state index in [0.29, 0.717) is 28.9 Å². The van der Waals surface area contributed by atoms with Crippen LogP contribution in [0.5, 0.6) is 0 Å². The highest BCUT2D eigenvalue weighted by atomic mass is 16.7. The molecule has 6 nitrogen and oxygen atoms in total. The number of carbonyl (C=O) groups excluding carboxylic acids is 2. The molecule has 0 fully saturated rings. The van der Waals surface area contributed by atoms with Crippen molar-refractivity contribution in [3.8, 4) is 0 Å². The molecule has 6 heteroatoms. The van der Waals surface area contributed by atoms with E-state index in [1.807, 2.05) is 0 Å². The second kappa shape index (κ2) is 15.8. The number of nitrogen functional groups attached to an aromatic ring is 2. The van der Waals surface area contributed by atoms with Crippen molar-refractivity contribution in [3.05, 3.63) is 59.7 Å². The van der Waals surface area contributed by atoms with E-state index in [1.165, 1.54) is 51.4 Å². The molecule has 0 saturated carbocycles. The van der Waals surface area contributed by atoms with Gasteiger partial charge in [0.1, 0.15) is 0 Å². The van der Waals surface area contributed by atoms with Gasteiger partial charge in [-0.15, -0.1) is 0 Å². The first-order chi connectivity index (χ1) is 16.5. The Hall–Kier alpha value is -3.02. The van der Waals surface area contributed by atoms with Crippen molar-refractivity contribution < 1.29 is 19.1 Å². The van der Waals surface area contributed by atoms with Crippen LogP contribution in [-0.2, 0) is 9.47 Å². The number of nitrogens with two attached hydrogens (primary N) is 2. The molecule has 0 atom stereocenters. The summed E-state index contributed by atoms with van der Waals surface area (Å²) in [5, 5.41) is 0. The Morgan fingerprint density at radius 3 is 1.35 bits per heavy atom. The van der Waals surface area contributed by atoms with Gasteiger partial charge in [0.2, 0.25) is 6.29 Å². The van der Waals surface area contributed by atoms with Gasteiger partial charge in [-0.3, -0.25) is 0 Å². The number of hydrogen-bond donors (Lipinski definition) is 2. The molecule has 2 aromatic rings. The van der Waals surface area contributed by atoms with Crippen LogP contribution < -0.4 is 11.5 Å². The summed E-state index contributed by atoms with van der Waals surface area (Å²) in [6.45, 7) is 2.24. The van der Waals surface area contributed by atoms with Gasteiger partial charge in [-0.05, 0) is 55.0 Å². The van der Waals surface area contributed by atoms with Crippen LogP contribution in [0.4, 0.5) is 11.4 Å². The van der Waals surface area contributed by atoms with E-state index in [9.17, 15) is 9.59 Å². The Morgan fingerprint density at radius 2 is 0.971 bits per heavy atom. The molecule has 0 aliphatic carbocycles. The third kappa shape index (κ3) is 10.7. The summed E-state index contributed by atoms with van der Waals surface area (Å²) in [6.07, 6.45) is 12.8. The predicted molar refractivity (Wildman–Crippen MR) is 137 cm³/mol. The zero-order chi connectivity index (χ0) is 24.6. The van der Waals surface area contributed by atoms with E-state index in [1.54, 1.807) is 48.5 Å². The summed E-state index contributed by atoms with van der Waals surface area (Å²) in [5.41, 5.74) is 13.2.